The molecule has 0 aromatic carbocycles. The molecule has 10 heteroatoms. The highest BCUT2D eigenvalue weighted by atomic mass is 33.1. The van der Waals surface area contributed by atoms with Crippen molar-refractivity contribution in [3.8, 4) is 0 Å². The molecule has 2 heterocycles. The summed E-state index contributed by atoms with van der Waals surface area (Å²) in [5.41, 5.74) is 0. The molecule has 0 unspecified atom stereocenters. The van der Waals surface area contributed by atoms with Crippen LogP contribution in [-0.2, 0) is 19.2 Å². The highest BCUT2D eigenvalue weighted by molar-refractivity contribution is 8.76. The van der Waals surface area contributed by atoms with Crippen molar-refractivity contribution in [1.82, 2.24) is 21.3 Å². The standard InChI is InChI=1S/C10H14N4O4S2/c15-7-1-11-9(17)5(13-7)3-19-20-4-6-10(18)12-2-8(16)14-6/h5-6H,1-4H2,(H,11,17)(H,12,18)(H,13,15)(H,14,16)/t5-,6-/m0/s1. The highest BCUT2D eigenvalue weighted by Gasteiger charge is 2.28. The summed E-state index contributed by atoms with van der Waals surface area (Å²) < 4.78 is 0. The first-order valence-corrected chi connectivity index (χ1v) is 8.43. The summed E-state index contributed by atoms with van der Waals surface area (Å²) in [5.74, 6) is -0.0178. The zero-order chi connectivity index (χ0) is 14.5. The van der Waals surface area contributed by atoms with E-state index in [4.69, 9.17) is 0 Å². The third-order valence-corrected chi connectivity index (χ3v) is 5.12. The van der Waals surface area contributed by atoms with Gasteiger partial charge >= 0.3 is 0 Å². The summed E-state index contributed by atoms with van der Waals surface area (Å²) in [6, 6.07) is -1.10. The molecular weight excluding hydrogens is 304 g/mol. The maximum atomic E-state index is 11.5. The maximum absolute atomic E-state index is 11.5. The number of rotatable bonds is 5. The van der Waals surface area contributed by atoms with Gasteiger partial charge < -0.3 is 21.3 Å². The highest BCUT2D eigenvalue weighted by Crippen LogP contribution is 2.23. The van der Waals surface area contributed by atoms with Crippen molar-refractivity contribution >= 4 is 45.2 Å². The molecule has 2 aliphatic heterocycles. The first kappa shape index (κ1) is 15.0. The molecule has 2 saturated heterocycles. The second kappa shape index (κ2) is 6.84. The van der Waals surface area contributed by atoms with Crippen LogP contribution in [0.4, 0.5) is 0 Å². The average molecular weight is 318 g/mol. The Morgan fingerprint density at radius 2 is 1.20 bits per heavy atom. The molecule has 0 aromatic rings. The Hall–Kier alpha value is -1.42. The van der Waals surface area contributed by atoms with Crippen molar-refractivity contribution in [1.29, 1.82) is 0 Å². The molecule has 2 atom stereocenters. The van der Waals surface area contributed by atoms with Crippen molar-refractivity contribution in [3.63, 3.8) is 0 Å². The van der Waals surface area contributed by atoms with E-state index < -0.39 is 12.1 Å². The molecular formula is C10H14N4O4S2. The van der Waals surface area contributed by atoms with E-state index in [0.29, 0.717) is 11.5 Å². The van der Waals surface area contributed by atoms with Gasteiger partial charge in [0.2, 0.25) is 23.6 Å². The predicted molar refractivity (Wildman–Crippen MR) is 74.8 cm³/mol. The van der Waals surface area contributed by atoms with Gasteiger partial charge in [0.05, 0.1) is 13.1 Å². The van der Waals surface area contributed by atoms with Crippen LogP contribution in [0, 0.1) is 0 Å². The number of nitrogens with one attached hydrogen (secondary N) is 4. The van der Waals surface area contributed by atoms with Crippen LogP contribution in [0.1, 0.15) is 0 Å². The van der Waals surface area contributed by atoms with Crippen molar-refractivity contribution in [2.45, 2.75) is 12.1 Å². The molecule has 20 heavy (non-hydrogen) atoms. The van der Waals surface area contributed by atoms with Crippen molar-refractivity contribution in [2.75, 3.05) is 24.6 Å². The maximum Gasteiger partial charge on any atom is 0.243 e. The van der Waals surface area contributed by atoms with Gasteiger partial charge in [0.1, 0.15) is 12.1 Å². The second-order valence-corrected chi connectivity index (χ2v) is 6.80. The van der Waals surface area contributed by atoms with Gasteiger partial charge in [0.15, 0.2) is 0 Å². The molecule has 110 valence electrons. The lowest BCUT2D eigenvalue weighted by Crippen LogP contribution is -2.57. The van der Waals surface area contributed by atoms with E-state index >= 15 is 0 Å². The van der Waals surface area contributed by atoms with E-state index in [1.807, 2.05) is 0 Å². The van der Waals surface area contributed by atoms with Gasteiger partial charge in [0.25, 0.3) is 0 Å². The molecule has 8 nitrogen and oxygen atoms in total. The van der Waals surface area contributed by atoms with Gasteiger partial charge in [-0.3, -0.25) is 19.2 Å². The minimum atomic E-state index is -0.552. The lowest BCUT2D eigenvalue weighted by Gasteiger charge is -2.24. The van der Waals surface area contributed by atoms with Gasteiger partial charge in [-0.25, -0.2) is 0 Å². The summed E-state index contributed by atoms with van der Waals surface area (Å²) in [6.45, 7) is 0.0306. The molecule has 2 fully saturated rings. The normalized spacial score (nSPS) is 26.4. The summed E-state index contributed by atoms with van der Waals surface area (Å²) in [5, 5.41) is 10.2. The van der Waals surface area contributed by atoms with E-state index in [9.17, 15) is 19.2 Å². The van der Waals surface area contributed by atoms with Crippen molar-refractivity contribution < 1.29 is 19.2 Å². The summed E-state index contributed by atoms with van der Waals surface area (Å²) in [6.07, 6.45) is 0. The van der Waals surface area contributed by atoms with Gasteiger partial charge in [-0.2, -0.15) is 0 Å². The second-order valence-electron chi connectivity index (χ2n) is 4.24. The van der Waals surface area contributed by atoms with Crippen LogP contribution >= 0.6 is 21.6 Å². The number of piperazine rings is 2. The van der Waals surface area contributed by atoms with E-state index in [0.717, 1.165) is 0 Å². The third kappa shape index (κ3) is 4.04. The van der Waals surface area contributed by atoms with Crippen LogP contribution in [0.2, 0.25) is 0 Å². The fraction of sp³-hybridized carbons (Fsp3) is 0.600. The number of hydrogen-bond acceptors (Lipinski definition) is 6. The number of amides is 4. The molecule has 2 aliphatic rings. The van der Waals surface area contributed by atoms with Crippen molar-refractivity contribution in [3.05, 3.63) is 0 Å². The first-order chi connectivity index (χ1) is 9.56. The van der Waals surface area contributed by atoms with E-state index in [2.05, 4.69) is 21.3 Å². The number of hydrogen-bond donors (Lipinski definition) is 4. The number of carbonyl (C=O) groups excluding carboxylic acids is 4. The Kier molecular flexibility index (Phi) is 5.12. The summed E-state index contributed by atoms with van der Waals surface area (Å²) in [4.78, 5) is 45.2. The molecule has 2 rings (SSSR count). The minimum Gasteiger partial charge on any atom is -0.345 e. The molecule has 0 bridgehead atoms. The Morgan fingerprint density at radius 3 is 1.60 bits per heavy atom. The smallest absolute Gasteiger partial charge is 0.243 e. The Balaban J connectivity index is 1.68. The quantitative estimate of drug-likeness (QED) is 0.332. The lowest BCUT2D eigenvalue weighted by atomic mass is 10.2. The minimum absolute atomic E-state index is 0.0153. The SMILES string of the molecule is O=C1CNC(=O)[C@H](CSSC[C@@H]2NC(=O)CNC2=O)N1. The monoisotopic (exact) mass is 318 g/mol. The number of carbonyl (C=O) groups is 4. The molecule has 4 amide bonds. The molecule has 0 spiro atoms. The Morgan fingerprint density at radius 1 is 0.800 bits per heavy atom. The van der Waals surface area contributed by atoms with Crippen LogP contribution < -0.4 is 21.3 Å². The van der Waals surface area contributed by atoms with Crippen molar-refractivity contribution in [2.24, 2.45) is 0 Å². The van der Waals surface area contributed by atoms with E-state index in [1.54, 1.807) is 0 Å². The lowest BCUT2D eigenvalue weighted by molar-refractivity contribution is -0.133. The zero-order valence-corrected chi connectivity index (χ0v) is 12.1. The van der Waals surface area contributed by atoms with Gasteiger partial charge in [-0.15, -0.1) is 0 Å². The molecule has 0 radical (unpaired) electrons. The zero-order valence-electron chi connectivity index (χ0n) is 10.4. The molecule has 0 aromatic heterocycles. The van der Waals surface area contributed by atoms with Crippen LogP contribution in [0.5, 0.6) is 0 Å². The van der Waals surface area contributed by atoms with E-state index in [1.165, 1.54) is 21.6 Å². The molecule has 0 saturated carbocycles. The van der Waals surface area contributed by atoms with E-state index in [-0.39, 0.29) is 36.7 Å². The van der Waals surface area contributed by atoms with Crippen LogP contribution in [0.25, 0.3) is 0 Å². The molecule has 0 aliphatic carbocycles. The Bertz CT molecular complexity index is 405. The van der Waals surface area contributed by atoms with Crippen LogP contribution in [0.15, 0.2) is 0 Å². The fourth-order valence-corrected chi connectivity index (χ4v) is 4.00. The van der Waals surface area contributed by atoms with Gasteiger partial charge in [-0.1, -0.05) is 21.6 Å². The van der Waals surface area contributed by atoms with Gasteiger partial charge in [-0.05, 0) is 0 Å². The third-order valence-electron chi connectivity index (χ3n) is 2.70. The topological polar surface area (TPSA) is 116 Å². The predicted octanol–water partition coefficient (Wildman–Crippen LogP) is -2.40. The molecule has 4 N–H and O–H groups in total. The van der Waals surface area contributed by atoms with Crippen LogP contribution in [0.3, 0.4) is 0 Å². The summed E-state index contributed by atoms with van der Waals surface area (Å²) in [7, 11) is 2.74. The Labute approximate surface area is 123 Å². The first-order valence-electron chi connectivity index (χ1n) is 5.95. The van der Waals surface area contributed by atoms with Crippen LogP contribution in [-0.4, -0.2) is 60.3 Å². The fourth-order valence-electron chi connectivity index (χ4n) is 1.67. The largest absolute Gasteiger partial charge is 0.345 e. The van der Waals surface area contributed by atoms with Gasteiger partial charge in [0, 0.05) is 11.5 Å². The summed E-state index contributed by atoms with van der Waals surface area (Å²) >= 11 is 0. The average Bonchev–Trinajstić information content (AvgIpc) is 2.42.